The van der Waals surface area contributed by atoms with E-state index in [-0.39, 0.29) is 0 Å². The van der Waals surface area contributed by atoms with Crippen molar-refractivity contribution in [3.63, 3.8) is 0 Å². The van der Waals surface area contributed by atoms with Crippen molar-refractivity contribution in [2.24, 2.45) is 7.05 Å². The van der Waals surface area contributed by atoms with Gasteiger partial charge >= 0.3 is 0 Å². The van der Waals surface area contributed by atoms with E-state index in [1.807, 2.05) is 24.0 Å². The summed E-state index contributed by atoms with van der Waals surface area (Å²) in [7, 11) is 2.01. The van der Waals surface area contributed by atoms with Gasteiger partial charge in [-0.2, -0.15) is 0 Å². The minimum atomic E-state index is 0.587. The number of aryl methyl sites for hydroxylation is 1. The lowest BCUT2D eigenvalue weighted by atomic mass is 9.96. The summed E-state index contributed by atoms with van der Waals surface area (Å²) in [6, 6.07) is 0.587. The molecular weight excluding hydrogens is 290 g/mol. The van der Waals surface area contributed by atoms with Crippen molar-refractivity contribution in [2.75, 3.05) is 5.32 Å². The van der Waals surface area contributed by atoms with Gasteiger partial charge in [0, 0.05) is 25.5 Å². The summed E-state index contributed by atoms with van der Waals surface area (Å²) < 4.78 is 3.04. The predicted molar refractivity (Wildman–Crippen MR) is 83.2 cm³/mol. The van der Waals surface area contributed by atoms with Crippen LogP contribution in [0, 0.1) is 0 Å². The highest BCUT2D eigenvalue weighted by molar-refractivity contribution is 8.00. The zero-order chi connectivity index (χ0) is 13.8. The van der Waals surface area contributed by atoms with Crippen molar-refractivity contribution < 1.29 is 0 Å². The normalized spacial score (nSPS) is 16.4. The maximum Gasteiger partial charge on any atom is 0.206 e. The number of nitrogens with one attached hydrogen (secondary N) is 1. The Morgan fingerprint density at radius 2 is 2.20 bits per heavy atom. The molecule has 0 spiro atoms. The molecule has 1 aliphatic carbocycles. The van der Waals surface area contributed by atoms with Gasteiger partial charge in [-0.15, -0.1) is 10.2 Å². The molecule has 2 aromatic rings. The second-order valence-electron chi connectivity index (χ2n) is 5.10. The van der Waals surface area contributed by atoms with Crippen LogP contribution in [0.25, 0.3) is 0 Å². The molecule has 5 nitrogen and oxygen atoms in total. The molecule has 1 fully saturated rings. The van der Waals surface area contributed by atoms with Crippen LogP contribution in [0.2, 0.25) is 0 Å². The van der Waals surface area contributed by atoms with Gasteiger partial charge in [-0.25, -0.2) is 4.98 Å². The maximum absolute atomic E-state index is 4.31. The Morgan fingerprint density at radius 1 is 1.35 bits per heavy atom. The van der Waals surface area contributed by atoms with E-state index < -0.39 is 0 Å². The summed E-state index contributed by atoms with van der Waals surface area (Å²) in [6.45, 7) is 0. The van der Waals surface area contributed by atoms with Crippen LogP contribution in [0.4, 0.5) is 5.13 Å². The molecule has 0 amide bonds. The van der Waals surface area contributed by atoms with E-state index in [1.54, 1.807) is 23.1 Å². The first kappa shape index (κ1) is 13.9. The topological polar surface area (TPSA) is 55.6 Å². The Morgan fingerprint density at radius 3 is 2.95 bits per heavy atom. The highest BCUT2D eigenvalue weighted by Crippen LogP contribution is 2.29. The largest absolute Gasteiger partial charge is 0.357 e. The Kier molecular flexibility index (Phi) is 4.57. The average molecular weight is 309 g/mol. The number of imidazole rings is 1. The number of nitrogens with zero attached hydrogens (tertiary/aromatic N) is 4. The zero-order valence-corrected chi connectivity index (χ0v) is 13.2. The van der Waals surface area contributed by atoms with E-state index in [0.717, 1.165) is 21.0 Å². The van der Waals surface area contributed by atoms with Gasteiger partial charge in [-0.1, -0.05) is 42.4 Å². The first-order valence-corrected chi connectivity index (χ1v) is 8.80. The molecule has 20 heavy (non-hydrogen) atoms. The molecular formula is C13H19N5S2. The molecule has 7 heteroatoms. The van der Waals surface area contributed by atoms with Crippen molar-refractivity contribution in [1.82, 2.24) is 19.7 Å². The van der Waals surface area contributed by atoms with E-state index in [0.29, 0.717) is 6.04 Å². The van der Waals surface area contributed by atoms with E-state index in [4.69, 9.17) is 0 Å². The first-order valence-electron chi connectivity index (χ1n) is 7.00. The second kappa shape index (κ2) is 6.58. The maximum atomic E-state index is 4.31. The Hall–Kier alpha value is -1.08. The molecule has 0 unspecified atom stereocenters. The smallest absolute Gasteiger partial charge is 0.206 e. The fourth-order valence-electron chi connectivity index (χ4n) is 2.41. The van der Waals surface area contributed by atoms with Gasteiger partial charge in [0.05, 0.1) is 5.75 Å². The van der Waals surface area contributed by atoms with Crippen molar-refractivity contribution >= 4 is 28.2 Å². The van der Waals surface area contributed by atoms with Gasteiger partial charge in [-0.3, -0.25) is 0 Å². The number of thioether (sulfide) groups is 1. The van der Waals surface area contributed by atoms with Gasteiger partial charge in [0.15, 0.2) is 4.34 Å². The minimum Gasteiger partial charge on any atom is -0.357 e. The van der Waals surface area contributed by atoms with Crippen LogP contribution in [0.3, 0.4) is 0 Å². The quantitative estimate of drug-likeness (QED) is 0.859. The summed E-state index contributed by atoms with van der Waals surface area (Å²) in [5.74, 6) is 1.90. The monoisotopic (exact) mass is 309 g/mol. The molecule has 2 aromatic heterocycles. The lowest BCUT2D eigenvalue weighted by Crippen LogP contribution is -2.21. The van der Waals surface area contributed by atoms with Crippen LogP contribution in [0.5, 0.6) is 0 Å². The average Bonchev–Trinajstić information content (AvgIpc) is 3.07. The van der Waals surface area contributed by atoms with Gasteiger partial charge in [0.25, 0.3) is 0 Å². The van der Waals surface area contributed by atoms with E-state index in [9.17, 15) is 0 Å². The van der Waals surface area contributed by atoms with Crippen LogP contribution in [-0.2, 0) is 12.8 Å². The van der Waals surface area contributed by atoms with Crippen LogP contribution < -0.4 is 5.32 Å². The highest BCUT2D eigenvalue weighted by atomic mass is 32.2. The zero-order valence-electron chi connectivity index (χ0n) is 11.6. The third-order valence-corrected chi connectivity index (χ3v) is 5.57. The Balaban J connectivity index is 1.52. The summed E-state index contributed by atoms with van der Waals surface area (Å²) in [5, 5.41) is 13.0. The SMILES string of the molecule is Cn1ccnc1CSc1nnc(NC2CCCCC2)s1. The van der Waals surface area contributed by atoms with Crippen molar-refractivity contribution in [1.29, 1.82) is 0 Å². The van der Waals surface area contributed by atoms with Crippen LogP contribution in [-0.4, -0.2) is 25.8 Å². The lowest BCUT2D eigenvalue weighted by molar-refractivity contribution is 0.462. The number of hydrogen-bond donors (Lipinski definition) is 1. The summed E-state index contributed by atoms with van der Waals surface area (Å²) >= 11 is 3.34. The molecule has 1 N–H and O–H groups in total. The number of hydrogen-bond acceptors (Lipinski definition) is 6. The number of rotatable bonds is 5. The molecule has 2 heterocycles. The van der Waals surface area contributed by atoms with Gasteiger partial charge < -0.3 is 9.88 Å². The molecule has 1 aliphatic rings. The number of aromatic nitrogens is 4. The van der Waals surface area contributed by atoms with Crippen LogP contribution in [0.15, 0.2) is 16.7 Å². The van der Waals surface area contributed by atoms with Gasteiger partial charge in [0.2, 0.25) is 5.13 Å². The molecule has 0 aromatic carbocycles. The summed E-state index contributed by atoms with van der Waals surface area (Å²) in [4.78, 5) is 4.31. The fraction of sp³-hybridized carbons (Fsp3) is 0.615. The Labute approximate surface area is 127 Å². The Bertz CT molecular complexity index is 544. The fourth-order valence-corrected chi connectivity index (χ4v) is 4.24. The summed E-state index contributed by atoms with van der Waals surface area (Å²) in [5.41, 5.74) is 0. The van der Waals surface area contributed by atoms with Gasteiger partial charge in [0.1, 0.15) is 5.82 Å². The highest BCUT2D eigenvalue weighted by Gasteiger charge is 2.15. The molecule has 108 valence electrons. The van der Waals surface area contributed by atoms with E-state index in [2.05, 4.69) is 20.5 Å². The second-order valence-corrected chi connectivity index (χ2v) is 7.30. The van der Waals surface area contributed by atoms with E-state index >= 15 is 0 Å². The molecule has 0 atom stereocenters. The molecule has 1 saturated carbocycles. The third-order valence-electron chi connectivity index (χ3n) is 3.58. The van der Waals surface area contributed by atoms with E-state index in [1.165, 1.54) is 32.1 Å². The first-order chi connectivity index (χ1) is 9.81. The predicted octanol–water partition coefficient (Wildman–Crippen LogP) is 3.31. The third kappa shape index (κ3) is 3.52. The molecule has 0 saturated heterocycles. The standard InChI is InChI=1S/C13H19N5S2/c1-18-8-7-14-11(18)9-19-13-17-16-12(20-13)15-10-5-3-2-4-6-10/h7-8,10H,2-6,9H2,1H3,(H,15,16). The van der Waals surface area contributed by atoms with Crippen LogP contribution in [0.1, 0.15) is 37.9 Å². The molecule has 0 bridgehead atoms. The number of anilines is 1. The summed E-state index contributed by atoms with van der Waals surface area (Å²) in [6.07, 6.45) is 10.3. The minimum absolute atomic E-state index is 0.587. The van der Waals surface area contributed by atoms with Gasteiger partial charge in [-0.05, 0) is 12.8 Å². The van der Waals surface area contributed by atoms with Crippen molar-refractivity contribution in [3.8, 4) is 0 Å². The van der Waals surface area contributed by atoms with Crippen molar-refractivity contribution in [3.05, 3.63) is 18.2 Å². The molecule has 0 radical (unpaired) electrons. The van der Waals surface area contributed by atoms with Crippen molar-refractivity contribution in [2.45, 2.75) is 48.2 Å². The van der Waals surface area contributed by atoms with Crippen LogP contribution >= 0.6 is 23.1 Å². The lowest BCUT2D eigenvalue weighted by Gasteiger charge is -2.21. The molecule has 0 aliphatic heterocycles. The molecule has 3 rings (SSSR count).